The lowest BCUT2D eigenvalue weighted by Crippen LogP contribution is -2.07. The molecule has 0 unspecified atom stereocenters. The van der Waals surface area contributed by atoms with E-state index in [0.717, 1.165) is 15.6 Å². The van der Waals surface area contributed by atoms with Crippen LogP contribution >= 0.6 is 27.5 Å². The molecule has 0 spiro atoms. The Kier molecular flexibility index (Phi) is 5.78. The fraction of sp³-hybridized carbons (Fsp3) is 0.176. The first-order chi connectivity index (χ1) is 12.2. The summed E-state index contributed by atoms with van der Waals surface area (Å²) in [5, 5.41) is 10.4. The number of anilines is 1. The van der Waals surface area contributed by atoms with Crippen LogP contribution in [0.4, 0.5) is 5.95 Å². The fourth-order valence-electron chi connectivity index (χ4n) is 2.26. The van der Waals surface area contributed by atoms with Crippen LogP contribution in [0.1, 0.15) is 11.1 Å². The standard InChI is InChI=1S/C17H16BrClN4O2/c1-24-15-7-6-14(18)13(8-20-17-21-10-22-23-17)16(15)25-9-11-2-4-12(19)5-3-11/h2-7,10H,8-9H2,1H3,(H2,20,21,22,23). The first-order valence-electron chi connectivity index (χ1n) is 7.49. The minimum atomic E-state index is 0.402. The number of halogens is 2. The van der Waals surface area contributed by atoms with Gasteiger partial charge in [-0.15, -0.1) is 0 Å². The molecular weight excluding hydrogens is 408 g/mol. The second-order valence-corrected chi connectivity index (χ2v) is 6.45. The smallest absolute Gasteiger partial charge is 0.218 e. The highest BCUT2D eigenvalue weighted by Crippen LogP contribution is 2.37. The number of aromatic nitrogens is 3. The average molecular weight is 424 g/mol. The molecule has 6 nitrogen and oxygen atoms in total. The van der Waals surface area contributed by atoms with Crippen molar-refractivity contribution in [2.75, 3.05) is 12.4 Å². The first-order valence-corrected chi connectivity index (χ1v) is 8.66. The Morgan fingerprint density at radius 2 is 2.00 bits per heavy atom. The molecule has 0 aliphatic rings. The monoisotopic (exact) mass is 422 g/mol. The SMILES string of the molecule is COc1ccc(Br)c(CNc2ncn[nH]2)c1OCc1ccc(Cl)cc1. The summed E-state index contributed by atoms with van der Waals surface area (Å²) < 4.78 is 12.4. The number of rotatable bonds is 7. The molecule has 1 aromatic heterocycles. The van der Waals surface area contributed by atoms with Crippen LogP contribution in [0.25, 0.3) is 0 Å². The molecule has 25 heavy (non-hydrogen) atoms. The van der Waals surface area contributed by atoms with E-state index in [1.54, 1.807) is 7.11 Å². The summed E-state index contributed by atoms with van der Waals surface area (Å²) in [5.74, 6) is 1.91. The predicted molar refractivity (Wildman–Crippen MR) is 100 cm³/mol. The summed E-state index contributed by atoms with van der Waals surface area (Å²) in [6.07, 6.45) is 1.45. The van der Waals surface area contributed by atoms with E-state index >= 15 is 0 Å². The summed E-state index contributed by atoms with van der Waals surface area (Å²) in [5.41, 5.74) is 1.94. The van der Waals surface area contributed by atoms with Gasteiger partial charge in [0, 0.05) is 21.6 Å². The number of methoxy groups -OCH3 is 1. The molecule has 3 aromatic rings. The van der Waals surface area contributed by atoms with Crippen molar-refractivity contribution in [1.82, 2.24) is 15.2 Å². The lowest BCUT2D eigenvalue weighted by atomic mass is 10.1. The molecule has 2 N–H and O–H groups in total. The van der Waals surface area contributed by atoms with Crippen LogP contribution < -0.4 is 14.8 Å². The Hall–Kier alpha value is -2.25. The molecule has 130 valence electrons. The molecule has 0 saturated carbocycles. The Balaban J connectivity index is 1.81. The number of benzene rings is 2. The Morgan fingerprint density at radius 3 is 2.68 bits per heavy atom. The second kappa shape index (κ2) is 8.22. The molecule has 3 rings (SSSR count). The van der Waals surface area contributed by atoms with Gasteiger partial charge in [-0.25, -0.2) is 10.1 Å². The minimum Gasteiger partial charge on any atom is -0.493 e. The van der Waals surface area contributed by atoms with Gasteiger partial charge in [0.25, 0.3) is 0 Å². The number of hydrogen-bond acceptors (Lipinski definition) is 5. The third kappa shape index (κ3) is 4.43. The van der Waals surface area contributed by atoms with E-state index in [1.165, 1.54) is 6.33 Å². The predicted octanol–water partition coefficient (Wildman–Crippen LogP) is 4.42. The van der Waals surface area contributed by atoms with Crippen molar-refractivity contribution >= 4 is 33.5 Å². The van der Waals surface area contributed by atoms with Crippen molar-refractivity contribution in [1.29, 1.82) is 0 Å². The van der Waals surface area contributed by atoms with E-state index in [-0.39, 0.29) is 0 Å². The zero-order chi connectivity index (χ0) is 17.6. The zero-order valence-electron chi connectivity index (χ0n) is 13.4. The summed E-state index contributed by atoms with van der Waals surface area (Å²) in [6.45, 7) is 0.891. The summed E-state index contributed by atoms with van der Waals surface area (Å²) in [7, 11) is 1.62. The van der Waals surface area contributed by atoms with E-state index < -0.39 is 0 Å². The lowest BCUT2D eigenvalue weighted by Gasteiger charge is -2.17. The number of nitrogens with one attached hydrogen (secondary N) is 2. The van der Waals surface area contributed by atoms with Crippen LogP contribution in [0, 0.1) is 0 Å². The van der Waals surface area contributed by atoms with Crippen molar-refractivity contribution in [3.63, 3.8) is 0 Å². The topological polar surface area (TPSA) is 72.1 Å². The second-order valence-electron chi connectivity index (χ2n) is 5.16. The highest BCUT2D eigenvalue weighted by molar-refractivity contribution is 9.10. The van der Waals surface area contributed by atoms with Gasteiger partial charge in [-0.1, -0.05) is 39.7 Å². The molecule has 2 aromatic carbocycles. The van der Waals surface area contributed by atoms with Crippen molar-refractivity contribution in [3.8, 4) is 11.5 Å². The molecule has 0 atom stereocenters. The van der Waals surface area contributed by atoms with Crippen LogP contribution in [-0.2, 0) is 13.2 Å². The highest BCUT2D eigenvalue weighted by Gasteiger charge is 2.15. The van der Waals surface area contributed by atoms with Gasteiger partial charge in [0.15, 0.2) is 11.5 Å². The van der Waals surface area contributed by atoms with E-state index in [4.69, 9.17) is 21.1 Å². The molecule has 0 bridgehead atoms. The van der Waals surface area contributed by atoms with Crippen LogP contribution in [0.2, 0.25) is 5.02 Å². The van der Waals surface area contributed by atoms with Gasteiger partial charge in [-0.2, -0.15) is 5.10 Å². The fourth-order valence-corrected chi connectivity index (χ4v) is 2.84. The molecular formula is C17H16BrClN4O2. The van der Waals surface area contributed by atoms with E-state index in [9.17, 15) is 0 Å². The minimum absolute atomic E-state index is 0.402. The molecule has 0 amide bonds. The highest BCUT2D eigenvalue weighted by atomic mass is 79.9. The molecule has 1 heterocycles. The van der Waals surface area contributed by atoms with Gasteiger partial charge in [0.1, 0.15) is 12.9 Å². The largest absolute Gasteiger partial charge is 0.493 e. The van der Waals surface area contributed by atoms with Crippen molar-refractivity contribution in [2.45, 2.75) is 13.2 Å². The quantitative estimate of drug-likeness (QED) is 0.588. The maximum Gasteiger partial charge on any atom is 0.218 e. The van der Waals surface area contributed by atoms with Crippen LogP contribution in [0.3, 0.4) is 0 Å². The summed E-state index contributed by atoms with van der Waals surface area (Å²) in [4.78, 5) is 4.06. The van der Waals surface area contributed by atoms with Gasteiger partial charge in [-0.3, -0.25) is 0 Å². The van der Waals surface area contributed by atoms with Gasteiger partial charge in [0.2, 0.25) is 5.95 Å². The molecule has 8 heteroatoms. The maximum absolute atomic E-state index is 6.05. The number of nitrogens with zero attached hydrogens (tertiary/aromatic N) is 2. The summed E-state index contributed by atoms with van der Waals surface area (Å²) >= 11 is 9.49. The van der Waals surface area contributed by atoms with Crippen LogP contribution in [-0.4, -0.2) is 22.3 Å². The summed E-state index contributed by atoms with van der Waals surface area (Å²) in [6, 6.07) is 11.3. The Bertz CT molecular complexity index is 825. The third-order valence-corrected chi connectivity index (χ3v) is 4.53. The molecule has 0 fully saturated rings. The van der Waals surface area contributed by atoms with Crippen molar-refractivity contribution in [3.05, 3.63) is 63.3 Å². The van der Waals surface area contributed by atoms with Gasteiger partial charge < -0.3 is 14.8 Å². The van der Waals surface area contributed by atoms with E-state index in [1.807, 2.05) is 36.4 Å². The van der Waals surface area contributed by atoms with Crippen LogP contribution in [0.15, 0.2) is 47.2 Å². The zero-order valence-corrected chi connectivity index (χ0v) is 15.8. The third-order valence-electron chi connectivity index (χ3n) is 3.53. The van der Waals surface area contributed by atoms with Gasteiger partial charge in [-0.05, 0) is 29.8 Å². The van der Waals surface area contributed by atoms with Gasteiger partial charge >= 0.3 is 0 Å². The van der Waals surface area contributed by atoms with Crippen molar-refractivity contribution in [2.24, 2.45) is 0 Å². The first kappa shape index (κ1) is 17.6. The normalized spacial score (nSPS) is 10.5. The molecule has 0 aliphatic heterocycles. The van der Waals surface area contributed by atoms with Crippen LogP contribution in [0.5, 0.6) is 11.5 Å². The van der Waals surface area contributed by atoms with E-state index in [0.29, 0.717) is 35.6 Å². The number of H-pyrrole nitrogens is 1. The number of ether oxygens (including phenoxy) is 2. The number of aromatic amines is 1. The van der Waals surface area contributed by atoms with E-state index in [2.05, 4.69) is 36.4 Å². The Labute approximate surface area is 158 Å². The van der Waals surface area contributed by atoms with Crippen molar-refractivity contribution < 1.29 is 9.47 Å². The number of hydrogen-bond donors (Lipinski definition) is 2. The molecule has 0 saturated heterocycles. The van der Waals surface area contributed by atoms with Gasteiger partial charge in [0.05, 0.1) is 7.11 Å². The average Bonchev–Trinajstić information content (AvgIpc) is 3.14. The Morgan fingerprint density at radius 1 is 1.20 bits per heavy atom. The molecule has 0 radical (unpaired) electrons. The lowest BCUT2D eigenvalue weighted by molar-refractivity contribution is 0.281. The molecule has 0 aliphatic carbocycles. The maximum atomic E-state index is 6.05.